The summed E-state index contributed by atoms with van der Waals surface area (Å²) in [5.74, 6) is 0. The quantitative estimate of drug-likeness (QED) is 0.805. The molecular formula is C12H19N3O. The Kier molecular flexibility index (Phi) is 3.41. The van der Waals surface area contributed by atoms with E-state index in [1.807, 2.05) is 18.3 Å². The van der Waals surface area contributed by atoms with Crippen molar-refractivity contribution in [2.75, 3.05) is 38.1 Å². The number of rotatable bonds is 2. The maximum atomic E-state index is 9.38. The van der Waals surface area contributed by atoms with Crippen molar-refractivity contribution in [2.24, 2.45) is 0 Å². The zero-order chi connectivity index (χ0) is 11.5. The molecule has 0 aliphatic carbocycles. The highest BCUT2D eigenvalue weighted by Gasteiger charge is 2.14. The lowest BCUT2D eigenvalue weighted by atomic mass is 10.2. The minimum absolute atomic E-state index is 0.485. The topological polar surface area (TPSA) is 39.6 Å². The van der Waals surface area contributed by atoms with Gasteiger partial charge in [-0.1, -0.05) is 0 Å². The minimum Gasteiger partial charge on any atom is -0.387 e. The smallest absolute Gasteiger partial charge is 0.0931 e. The first-order chi connectivity index (χ1) is 7.66. The van der Waals surface area contributed by atoms with E-state index < -0.39 is 6.10 Å². The molecule has 0 amide bonds. The van der Waals surface area contributed by atoms with Crippen molar-refractivity contribution in [3.63, 3.8) is 0 Å². The molecule has 16 heavy (non-hydrogen) atoms. The average Bonchev–Trinajstić information content (AvgIpc) is 2.30. The Bertz CT molecular complexity index is 329. The molecule has 1 unspecified atom stereocenters. The summed E-state index contributed by atoms with van der Waals surface area (Å²) in [6.07, 6.45) is 1.37. The van der Waals surface area contributed by atoms with Crippen LogP contribution in [0.4, 0.5) is 5.69 Å². The number of piperazine rings is 1. The number of pyridine rings is 1. The van der Waals surface area contributed by atoms with Gasteiger partial charge in [-0.15, -0.1) is 0 Å². The van der Waals surface area contributed by atoms with Crippen LogP contribution in [0.25, 0.3) is 0 Å². The highest BCUT2D eigenvalue weighted by molar-refractivity contribution is 5.45. The predicted octanol–water partition coefficient (Wildman–Crippen LogP) is 0.887. The molecule has 1 aliphatic heterocycles. The number of hydrogen-bond acceptors (Lipinski definition) is 4. The lowest BCUT2D eigenvalue weighted by Gasteiger charge is -2.33. The molecular weight excluding hydrogens is 202 g/mol. The van der Waals surface area contributed by atoms with Crippen LogP contribution in [0.2, 0.25) is 0 Å². The Hall–Kier alpha value is -1.13. The summed E-state index contributed by atoms with van der Waals surface area (Å²) in [5, 5.41) is 9.38. The Morgan fingerprint density at radius 3 is 2.44 bits per heavy atom. The van der Waals surface area contributed by atoms with Crippen molar-refractivity contribution in [2.45, 2.75) is 13.0 Å². The largest absolute Gasteiger partial charge is 0.387 e. The first kappa shape index (κ1) is 11.4. The van der Waals surface area contributed by atoms with Crippen molar-refractivity contribution in [1.82, 2.24) is 9.88 Å². The van der Waals surface area contributed by atoms with Crippen molar-refractivity contribution >= 4 is 5.69 Å². The number of aliphatic hydroxyl groups excluding tert-OH is 1. The molecule has 1 aromatic rings. The number of likely N-dealkylation sites (N-methyl/N-ethyl adjacent to an activating group) is 1. The number of aromatic nitrogens is 1. The zero-order valence-electron chi connectivity index (χ0n) is 9.93. The first-order valence-corrected chi connectivity index (χ1v) is 5.74. The van der Waals surface area contributed by atoms with Gasteiger partial charge in [0.2, 0.25) is 0 Å². The third-order valence-electron chi connectivity index (χ3n) is 3.07. The Balaban J connectivity index is 2.04. The van der Waals surface area contributed by atoms with E-state index in [-0.39, 0.29) is 0 Å². The van der Waals surface area contributed by atoms with Crippen LogP contribution in [-0.4, -0.2) is 48.2 Å². The van der Waals surface area contributed by atoms with Gasteiger partial charge in [-0.25, -0.2) is 0 Å². The first-order valence-electron chi connectivity index (χ1n) is 5.74. The van der Waals surface area contributed by atoms with Gasteiger partial charge in [-0.2, -0.15) is 0 Å². The maximum Gasteiger partial charge on any atom is 0.0931 e. The van der Waals surface area contributed by atoms with Gasteiger partial charge in [-0.3, -0.25) is 4.98 Å². The third kappa shape index (κ3) is 2.51. The molecule has 1 aromatic heterocycles. The van der Waals surface area contributed by atoms with Gasteiger partial charge in [0.25, 0.3) is 0 Å². The molecule has 0 saturated carbocycles. The van der Waals surface area contributed by atoms with Gasteiger partial charge >= 0.3 is 0 Å². The van der Waals surface area contributed by atoms with Gasteiger partial charge in [0.1, 0.15) is 0 Å². The fourth-order valence-electron chi connectivity index (χ4n) is 1.90. The van der Waals surface area contributed by atoms with E-state index >= 15 is 0 Å². The highest BCUT2D eigenvalue weighted by Crippen LogP contribution is 2.17. The van der Waals surface area contributed by atoms with Crippen molar-refractivity contribution in [3.05, 3.63) is 24.0 Å². The molecule has 0 bridgehead atoms. The summed E-state index contributed by atoms with van der Waals surface area (Å²) in [4.78, 5) is 8.93. The summed E-state index contributed by atoms with van der Waals surface area (Å²) in [7, 11) is 2.14. The summed E-state index contributed by atoms with van der Waals surface area (Å²) < 4.78 is 0. The van der Waals surface area contributed by atoms with Gasteiger partial charge in [-0.05, 0) is 26.1 Å². The van der Waals surface area contributed by atoms with E-state index in [2.05, 4.69) is 21.8 Å². The van der Waals surface area contributed by atoms with Crippen molar-refractivity contribution in [3.8, 4) is 0 Å². The van der Waals surface area contributed by atoms with Crippen molar-refractivity contribution in [1.29, 1.82) is 0 Å². The summed E-state index contributed by atoms with van der Waals surface area (Å²) >= 11 is 0. The fourth-order valence-corrected chi connectivity index (χ4v) is 1.90. The van der Waals surface area contributed by atoms with E-state index in [0.717, 1.165) is 37.6 Å². The third-order valence-corrected chi connectivity index (χ3v) is 3.07. The number of hydrogen-bond donors (Lipinski definition) is 1. The molecule has 0 spiro atoms. The monoisotopic (exact) mass is 221 g/mol. The van der Waals surface area contributed by atoms with Gasteiger partial charge < -0.3 is 14.9 Å². The van der Waals surface area contributed by atoms with Crippen LogP contribution in [0.15, 0.2) is 18.3 Å². The van der Waals surface area contributed by atoms with Crippen LogP contribution in [0, 0.1) is 0 Å². The van der Waals surface area contributed by atoms with Crippen LogP contribution in [0.5, 0.6) is 0 Å². The minimum atomic E-state index is -0.485. The van der Waals surface area contributed by atoms with E-state index in [1.165, 1.54) is 0 Å². The Morgan fingerprint density at radius 1 is 1.25 bits per heavy atom. The zero-order valence-corrected chi connectivity index (χ0v) is 9.93. The standard InChI is InChI=1S/C12H19N3O/c1-10(16)12-4-3-11(9-13-12)15-7-5-14(2)6-8-15/h3-4,9-10,16H,5-8H2,1-2H3. The maximum absolute atomic E-state index is 9.38. The van der Waals surface area contributed by atoms with Gasteiger partial charge in [0.15, 0.2) is 0 Å². The van der Waals surface area contributed by atoms with E-state index in [9.17, 15) is 5.11 Å². The molecule has 1 aliphatic rings. The molecule has 0 radical (unpaired) electrons. The number of nitrogens with zero attached hydrogens (tertiary/aromatic N) is 3. The van der Waals surface area contributed by atoms with E-state index in [1.54, 1.807) is 6.92 Å². The molecule has 2 heterocycles. The second-order valence-corrected chi connectivity index (χ2v) is 4.41. The van der Waals surface area contributed by atoms with Crippen LogP contribution < -0.4 is 4.90 Å². The summed E-state index contributed by atoms with van der Waals surface area (Å²) in [5.41, 5.74) is 1.88. The van der Waals surface area contributed by atoms with Crippen LogP contribution in [0.3, 0.4) is 0 Å². The van der Waals surface area contributed by atoms with Gasteiger partial charge in [0, 0.05) is 26.2 Å². The molecule has 1 atom stereocenters. The van der Waals surface area contributed by atoms with Crippen LogP contribution >= 0.6 is 0 Å². The van der Waals surface area contributed by atoms with Crippen LogP contribution in [-0.2, 0) is 0 Å². The second-order valence-electron chi connectivity index (χ2n) is 4.41. The molecule has 1 saturated heterocycles. The van der Waals surface area contributed by atoms with E-state index in [0.29, 0.717) is 0 Å². The lowest BCUT2D eigenvalue weighted by Crippen LogP contribution is -2.44. The molecule has 1 N–H and O–H groups in total. The molecule has 4 nitrogen and oxygen atoms in total. The molecule has 4 heteroatoms. The second kappa shape index (κ2) is 4.80. The predicted molar refractivity (Wildman–Crippen MR) is 64.6 cm³/mol. The van der Waals surface area contributed by atoms with E-state index in [4.69, 9.17) is 0 Å². The van der Waals surface area contributed by atoms with Crippen molar-refractivity contribution < 1.29 is 5.11 Å². The summed E-state index contributed by atoms with van der Waals surface area (Å²) in [6.45, 7) is 6.02. The lowest BCUT2D eigenvalue weighted by molar-refractivity contribution is 0.194. The average molecular weight is 221 g/mol. The van der Waals surface area contributed by atoms with Crippen LogP contribution in [0.1, 0.15) is 18.7 Å². The molecule has 0 aromatic carbocycles. The van der Waals surface area contributed by atoms with Gasteiger partial charge in [0.05, 0.1) is 23.7 Å². The molecule has 88 valence electrons. The molecule has 2 rings (SSSR count). The number of anilines is 1. The molecule has 1 fully saturated rings. The SMILES string of the molecule is CC(O)c1ccc(N2CCN(C)CC2)cn1. The number of aliphatic hydroxyl groups is 1. The highest BCUT2D eigenvalue weighted by atomic mass is 16.3. The summed E-state index contributed by atoms with van der Waals surface area (Å²) in [6, 6.07) is 3.94. The fraction of sp³-hybridized carbons (Fsp3) is 0.583. The normalized spacial score (nSPS) is 19.8. The Morgan fingerprint density at radius 2 is 1.94 bits per heavy atom. The Labute approximate surface area is 96.5 Å².